The summed E-state index contributed by atoms with van der Waals surface area (Å²) in [5.41, 5.74) is 4.67. The average Bonchev–Trinajstić information content (AvgIpc) is 2.73. The molecule has 0 amide bonds. The average molecular weight is 335 g/mol. The predicted octanol–water partition coefficient (Wildman–Crippen LogP) is 6.05. The minimum Gasteiger partial charge on any atom is -0.497 e. The molecule has 2 heteroatoms. The minimum atomic E-state index is 0.695. The summed E-state index contributed by atoms with van der Waals surface area (Å²) in [5, 5.41) is 12.2. The van der Waals surface area contributed by atoms with E-state index in [4.69, 9.17) is 4.74 Å². The van der Waals surface area contributed by atoms with E-state index in [1.54, 1.807) is 7.11 Å². The second kappa shape index (κ2) is 6.74. The van der Waals surface area contributed by atoms with Gasteiger partial charge in [0.1, 0.15) is 11.8 Å². The predicted molar refractivity (Wildman–Crippen MR) is 106 cm³/mol. The highest BCUT2D eigenvalue weighted by molar-refractivity contribution is 6.03. The largest absolute Gasteiger partial charge is 0.497 e. The number of hydrogen-bond donors (Lipinski definition) is 0. The Morgan fingerprint density at radius 2 is 1.46 bits per heavy atom. The van der Waals surface area contributed by atoms with Gasteiger partial charge in [-0.05, 0) is 40.1 Å². The van der Waals surface area contributed by atoms with Crippen LogP contribution in [-0.2, 0) is 0 Å². The molecule has 0 aliphatic carbocycles. The Labute approximate surface area is 152 Å². The van der Waals surface area contributed by atoms with Crippen LogP contribution in [0.25, 0.3) is 33.0 Å². The molecule has 4 aromatic carbocycles. The smallest absolute Gasteiger partial charge is 0.118 e. The SMILES string of the molecule is COc1ccc(-c2c(C#N)c(-c3ccccc3)cc3ccccc23)cc1. The van der Waals surface area contributed by atoms with Crippen molar-refractivity contribution in [3.8, 4) is 34.1 Å². The molecular formula is C24H17NO. The second-order valence-electron chi connectivity index (χ2n) is 6.10. The van der Waals surface area contributed by atoms with E-state index in [9.17, 15) is 5.26 Å². The van der Waals surface area contributed by atoms with Crippen LogP contribution < -0.4 is 4.74 Å². The zero-order chi connectivity index (χ0) is 17.9. The van der Waals surface area contributed by atoms with Gasteiger partial charge < -0.3 is 4.74 Å². The molecular weight excluding hydrogens is 318 g/mol. The van der Waals surface area contributed by atoms with E-state index in [1.807, 2.05) is 66.7 Å². The summed E-state index contributed by atoms with van der Waals surface area (Å²) in [6.45, 7) is 0. The van der Waals surface area contributed by atoms with Crippen LogP contribution in [0.2, 0.25) is 0 Å². The lowest BCUT2D eigenvalue weighted by molar-refractivity contribution is 0.415. The fourth-order valence-corrected chi connectivity index (χ4v) is 3.37. The number of hydrogen-bond acceptors (Lipinski definition) is 2. The Hall–Kier alpha value is -3.57. The van der Waals surface area contributed by atoms with Gasteiger partial charge in [0.05, 0.1) is 12.7 Å². The lowest BCUT2D eigenvalue weighted by Gasteiger charge is -2.15. The molecule has 0 fully saturated rings. The molecule has 0 bridgehead atoms. The molecule has 26 heavy (non-hydrogen) atoms. The molecule has 0 atom stereocenters. The highest BCUT2D eigenvalue weighted by Gasteiger charge is 2.16. The van der Waals surface area contributed by atoms with Crippen molar-refractivity contribution in [2.75, 3.05) is 7.11 Å². The van der Waals surface area contributed by atoms with Crippen molar-refractivity contribution in [3.05, 3.63) is 90.5 Å². The number of nitrogens with zero attached hydrogens (tertiary/aromatic N) is 1. The molecule has 0 aliphatic heterocycles. The first-order valence-corrected chi connectivity index (χ1v) is 8.47. The van der Waals surface area contributed by atoms with Crippen molar-refractivity contribution in [2.24, 2.45) is 0 Å². The van der Waals surface area contributed by atoms with Crippen molar-refractivity contribution in [1.29, 1.82) is 5.26 Å². The van der Waals surface area contributed by atoms with E-state index < -0.39 is 0 Å². The van der Waals surface area contributed by atoms with Gasteiger partial charge in [-0.3, -0.25) is 0 Å². The fraction of sp³-hybridized carbons (Fsp3) is 0.0417. The summed E-state index contributed by atoms with van der Waals surface area (Å²) in [5.74, 6) is 0.802. The van der Waals surface area contributed by atoms with Crippen molar-refractivity contribution in [1.82, 2.24) is 0 Å². The van der Waals surface area contributed by atoms with Gasteiger partial charge in [0.25, 0.3) is 0 Å². The van der Waals surface area contributed by atoms with Crippen LogP contribution in [-0.4, -0.2) is 7.11 Å². The van der Waals surface area contributed by atoms with E-state index in [0.29, 0.717) is 5.56 Å². The van der Waals surface area contributed by atoms with Crippen LogP contribution in [0.5, 0.6) is 5.75 Å². The molecule has 0 unspecified atom stereocenters. The van der Waals surface area contributed by atoms with Gasteiger partial charge in [0.2, 0.25) is 0 Å². The third-order valence-corrected chi connectivity index (χ3v) is 4.62. The lowest BCUT2D eigenvalue weighted by Crippen LogP contribution is -1.93. The fourth-order valence-electron chi connectivity index (χ4n) is 3.37. The van der Waals surface area contributed by atoms with Gasteiger partial charge >= 0.3 is 0 Å². The molecule has 124 valence electrons. The van der Waals surface area contributed by atoms with Crippen molar-refractivity contribution in [2.45, 2.75) is 0 Å². The third kappa shape index (κ3) is 2.70. The Kier molecular flexibility index (Phi) is 4.13. The number of nitriles is 1. The summed E-state index contributed by atoms with van der Waals surface area (Å²) >= 11 is 0. The maximum absolute atomic E-state index is 10.0. The van der Waals surface area contributed by atoms with Crippen molar-refractivity contribution in [3.63, 3.8) is 0 Å². The first-order valence-electron chi connectivity index (χ1n) is 8.47. The molecule has 0 aromatic heterocycles. The first kappa shape index (κ1) is 15.9. The van der Waals surface area contributed by atoms with E-state index in [-0.39, 0.29) is 0 Å². The molecule has 0 N–H and O–H groups in total. The third-order valence-electron chi connectivity index (χ3n) is 4.62. The van der Waals surface area contributed by atoms with Crippen molar-refractivity contribution < 1.29 is 4.74 Å². The van der Waals surface area contributed by atoms with Crippen LogP contribution in [0.4, 0.5) is 0 Å². The quantitative estimate of drug-likeness (QED) is 0.456. The normalized spacial score (nSPS) is 10.5. The summed E-state index contributed by atoms with van der Waals surface area (Å²) in [6, 6.07) is 30.7. The molecule has 2 nitrogen and oxygen atoms in total. The maximum Gasteiger partial charge on any atom is 0.118 e. The number of fused-ring (bicyclic) bond motifs is 1. The zero-order valence-electron chi connectivity index (χ0n) is 14.4. The summed E-state index contributed by atoms with van der Waals surface area (Å²) in [6.07, 6.45) is 0. The Morgan fingerprint density at radius 1 is 0.769 bits per heavy atom. The van der Waals surface area contributed by atoms with Gasteiger partial charge in [-0.25, -0.2) is 0 Å². The molecule has 4 rings (SSSR count). The van der Waals surface area contributed by atoms with E-state index in [2.05, 4.69) is 24.3 Å². The summed E-state index contributed by atoms with van der Waals surface area (Å²) < 4.78 is 5.28. The highest BCUT2D eigenvalue weighted by Crippen LogP contribution is 2.38. The molecule has 0 spiro atoms. The van der Waals surface area contributed by atoms with Crippen LogP contribution in [0.3, 0.4) is 0 Å². The van der Waals surface area contributed by atoms with Gasteiger partial charge in [0.15, 0.2) is 0 Å². The molecule has 0 heterocycles. The lowest BCUT2D eigenvalue weighted by atomic mass is 9.88. The van der Waals surface area contributed by atoms with Gasteiger partial charge in [-0.15, -0.1) is 0 Å². The standard InChI is InChI=1S/C24H17NO/c1-26-20-13-11-18(12-14-20)24-21-10-6-5-9-19(21)15-22(23(24)16-25)17-7-3-2-4-8-17/h2-15H,1H3. The Balaban J connectivity index is 2.08. The van der Waals surface area contributed by atoms with Crippen LogP contribution in [0, 0.1) is 11.3 Å². The molecule has 0 aliphatic rings. The summed E-state index contributed by atoms with van der Waals surface area (Å²) in [4.78, 5) is 0. The Morgan fingerprint density at radius 3 is 2.15 bits per heavy atom. The molecule has 4 aromatic rings. The topological polar surface area (TPSA) is 33.0 Å². The molecule has 0 saturated carbocycles. The first-order chi connectivity index (χ1) is 12.8. The van der Waals surface area contributed by atoms with Gasteiger partial charge in [-0.2, -0.15) is 5.26 Å². The number of ether oxygens (including phenoxy) is 1. The second-order valence-corrected chi connectivity index (χ2v) is 6.10. The number of methoxy groups -OCH3 is 1. The molecule has 0 radical (unpaired) electrons. The summed E-state index contributed by atoms with van der Waals surface area (Å²) in [7, 11) is 1.65. The monoisotopic (exact) mass is 335 g/mol. The highest BCUT2D eigenvalue weighted by atomic mass is 16.5. The van der Waals surface area contributed by atoms with Gasteiger partial charge in [0, 0.05) is 11.1 Å². The van der Waals surface area contributed by atoms with Crippen molar-refractivity contribution >= 4 is 10.8 Å². The zero-order valence-corrected chi connectivity index (χ0v) is 14.4. The number of rotatable bonds is 3. The van der Waals surface area contributed by atoms with Gasteiger partial charge in [-0.1, -0.05) is 66.7 Å². The van der Waals surface area contributed by atoms with Crippen LogP contribution in [0.15, 0.2) is 84.9 Å². The Bertz CT molecular complexity index is 1110. The number of benzene rings is 4. The van der Waals surface area contributed by atoms with E-state index in [0.717, 1.165) is 38.8 Å². The van der Waals surface area contributed by atoms with E-state index >= 15 is 0 Å². The maximum atomic E-state index is 10.0. The van der Waals surface area contributed by atoms with Crippen LogP contribution >= 0.6 is 0 Å². The minimum absolute atomic E-state index is 0.695. The van der Waals surface area contributed by atoms with E-state index in [1.165, 1.54) is 0 Å². The van der Waals surface area contributed by atoms with Crippen LogP contribution in [0.1, 0.15) is 5.56 Å². The molecule has 0 saturated heterocycles.